The maximum atomic E-state index is 11.5. The molecule has 120 valence electrons. The van der Waals surface area contributed by atoms with E-state index in [0.29, 0.717) is 5.75 Å². The van der Waals surface area contributed by atoms with Crippen molar-refractivity contribution >= 4 is 0 Å². The lowest BCUT2D eigenvalue weighted by Crippen LogP contribution is -2.45. The molecule has 0 atom stereocenters. The molecular formula is C17H30N2O2. The number of nitrogens with zero attached hydrogens (tertiary/aromatic N) is 2. The van der Waals surface area contributed by atoms with Gasteiger partial charge in [0.15, 0.2) is 5.75 Å². The molecule has 4 nitrogen and oxygen atoms in total. The Kier molecular flexibility index (Phi) is 4.13. The molecule has 1 N–H and O–H groups in total. The van der Waals surface area contributed by atoms with Crippen LogP contribution in [0.15, 0.2) is 6.20 Å². The van der Waals surface area contributed by atoms with Gasteiger partial charge in [0.2, 0.25) is 0 Å². The molecule has 0 unspecified atom stereocenters. The summed E-state index contributed by atoms with van der Waals surface area (Å²) in [5, 5.41) is 15.9. The summed E-state index contributed by atoms with van der Waals surface area (Å²) in [6.07, 6.45) is 5.33. The fourth-order valence-electron chi connectivity index (χ4n) is 4.60. The van der Waals surface area contributed by atoms with Crippen LogP contribution < -0.4 is 4.74 Å². The highest BCUT2D eigenvalue weighted by atomic mass is 16.5. The van der Waals surface area contributed by atoms with Gasteiger partial charge in [0, 0.05) is 6.54 Å². The first-order chi connectivity index (χ1) is 9.62. The summed E-state index contributed by atoms with van der Waals surface area (Å²) in [6.45, 7) is 11.9. The number of rotatable bonds is 4. The molecule has 2 rings (SSSR count). The molecule has 1 aliphatic rings. The van der Waals surface area contributed by atoms with Gasteiger partial charge in [0.25, 0.3) is 0 Å². The van der Waals surface area contributed by atoms with E-state index in [9.17, 15) is 5.11 Å². The minimum Gasteiger partial charge on any atom is -0.493 e. The van der Waals surface area contributed by atoms with E-state index in [0.717, 1.165) is 37.9 Å². The van der Waals surface area contributed by atoms with E-state index in [2.05, 4.69) is 39.7 Å². The van der Waals surface area contributed by atoms with E-state index in [1.807, 2.05) is 4.68 Å². The van der Waals surface area contributed by atoms with Gasteiger partial charge in [-0.05, 0) is 36.5 Å². The third-order valence-corrected chi connectivity index (χ3v) is 4.40. The second kappa shape index (κ2) is 5.31. The number of aromatic nitrogens is 2. The molecule has 1 fully saturated rings. The Hall–Kier alpha value is -1.03. The Labute approximate surface area is 128 Å². The van der Waals surface area contributed by atoms with Gasteiger partial charge in [0.1, 0.15) is 11.3 Å². The van der Waals surface area contributed by atoms with Crippen LogP contribution in [0.1, 0.15) is 66.0 Å². The number of hydrogen-bond acceptors (Lipinski definition) is 3. The average Bonchev–Trinajstić information content (AvgIpc) is 2.68. The van der Waals surface area contributed by atoms with E-state index >= 15 is 0 Å². The minimum absolute atomic E-state index is 0.100. The highest BCUT2D eigenvalue weighted by Gasteiger charge is 2.50. The quantitative estimate of drug-likeness (QED) is 0.920. The molecule has 0 saturated heterocycles. The normalized spacial score (nSPS) is 23.0. The monoisotopic (exact) mass is 294 g/mol. The highest BCUT2D eigenvalue weighted by molar-refractivity contribution is 5.32. The van der Waals surface area contributed by atoms with E-state index < -0.39 is 5.60 Å². The van der Waals surface area contributed by atoms with Gasteiger partial charge in [-0.2, -0.15) is 5.10 Å². The molecule has 0 aliphatic heterocycles. The topological polar surface area (TPSA) is 47.3 Å². The van der Waals surface area contributed by atoms with Crippen molar-refractivity contribution in [2.24, 2.45) is 10.8 Å². The first-order valence-electron chi connectivity index (χ1n) is 7.95. The van der Waals surface area contributed by atoms with E-state index in [-0.39, 0.29) is 10.8 Å². The van der Waals surface area contributed by atoms with E-state index in [1.165, 1.54) is 0 Å². The zero-order chi connectivity index (χ0) is 15.9. The summed E-state index contributed by atoms with van der Waals surface area (Å²) in [5.74, 6) is 0.708. The SMILES string of the molecule is CCCn1ncc(OC)c1C1(O)CC(C)(C)CC(C)(C)C1. The molecule has 21 heavy (non-hydrogen) atoms. The molecule has 1 aliphatic carbocycles. The average molecular weight is 294 g/mol. The van der Waals surface area contributed by atoms with Crippen LogP contribution in [-0.4, -0.2) is 22.0 Å². The minimum atomic E-state index is -0.873. The Morgan fingerprint density at radius 2 is 1.76 bits per heavy atom. The van der Waals surface area contributed by atoms with Gasteiger partial charge in [-0.15, -0.1) is 0 Å². The lowest BCUT2D eigenvalue weighted by Gasteiger charge is -2.49. The van der Waals surface area contributed by atoms with Crippen molar-refractivity contribution in [2.75, 3.05) is 7.11 Å². The lowest BCUT2D eigenvalue weighted by molar-refractivity contribution is -0.0973. The van der Waals surface area contributed by atoms with Crippen LogP contribution in [0.25, 0.3) is 0 Å². The maximum Gasteiger partial charge on any atom is 0.162 e. The Balaban J connectivity index is 2.50. The number of ether oxygens (including phenoxy) is 1. The number of methoxy groups -OCH3 is 1. The number of aryl methyl sites for hydroxylation is 1. The largest absolute Gasteiger partial charge is 0.493 e. The molecule has 1 saturated carbocycles. The molecule has 1 heterocycles. The zero-order valence-corrected chi connectivity index (χ0v) is 14.4. The van der Waals surface area contributed by atoms with Gasteiger partial charge >= 0.3 is 0 Å². The number of aliphatic hydroxyl groups is 1. The number of hydrogen-bond donors (Lipinski definition) is 1. The molecule has 1 aromatic rings. The summed E-state index contributed by atoms with van der Waals surface area (Å²) < 4.78 is 7.41. The van der Waals surface area contributed by atoms with Crippen LogP contribution in [0.3, 0.4) is 0 Å². The Morgan fingerprint density at radius 1 is 1.19 bits per heavy atom. The molecular weight excluding hydrogens is 264 g/mol. The first-order valence-corrected chi connectivity index (χ1v) is 7.95. The summed E-state index contributed by atoms with van der Waals surface area (Å²) in [6, 6.07) is 0. The second-order valence-electron chi connectivity index (χ2n) is 8.18. The van der Waals surface area contributed by atoms with Gasteiger partial charge in [-0.3, -0.25) is 4.68 Å². The lowest BCUT2D eigenvalue weighted by atomic mass is 9.59. The van der Waals surface area contributed by atoms with Crippen molar-refractivity contribution in [3.05, 3.63) is 11.9 Å². The zero-order valence-electron chi connectivity index (χ0n) is 14.4. The Bertz CT molecular complexity index is 487. The molecule has 1 aromatic heterocycles. The molecule has 4 heteroatoms. The predicted octanol–water partition coefficient (Wildman–Crippen LogP) is 3.73. The fraction of sp³-hybridized carbons (Fsp3) is 0.824. The summed E-state index contributed by atoms with van der Waals surface area (Å²) in [5.41, 5.74) is 0.182. The third kappa shape index (κ3) is 3.25. The second-order valence-corrected chi connectivity index (χ2v) is 8.18. The van der Waals surface area contributed by atoms with Crippen molar-refractivity contribution < 1.29 is 9.84 Å². The smallest absolute Gasteiger partial charge is 0.162 e. The summed E-state index contributed by atoms with van der Waals surface area (Å²) in [4.78, 5) is 0. The predicted molar refractivity (Wildman–Crippen MR) is 84.4 cm³/mol. The molecule has 0 aromatic carbocycles. The van der Waals surface area contributed by atoms with Crippen molar-refractivity contribution in [1.82, 2.24) is 9.78 Å². The first kappa shape index (κ1) is 16.3. The van der Waals surface area contributed by atoms with Gasteiger partial charge < -0.3 is 9.84 Å². The van der Waals surface area contributed by atoms with Crippen molar-refractivity contribution in [3.63, 3.8) is 0 Å². The van der Waals surface area contributed by atoms with Gasteiger partial charge in [-0.1, -0.05) is 34.6 Å². The summed E-state index contributed by atoms with van der Waals surface area (Å²) >= 11 is 0. The van der Waals surface area contributed by atoms with Crippen LogP contribution in [0, 0.1) is 10.8 Å². The van der Waals surface area contributed by atoms with Crippen molar-refractivity contribution in [3.8, 4) is 5.75 Å². The highest BCUT2D eigenvalue weighted by Crippen LogP contribution is 2.55. The molecule has 0 amide bonds. The van der Waals surface area contributed by atoms with E-state index in [4.69, 9.17) is 4.74 Å². The summed E-state index contributed by atoms with van der Waals surface area (Å²) in [7, 11) is 1.65. The van der Waals surface area contributed by atoms with Crippen LogP contribution in [0.5, 0.6) is 5.75 Å². The van der Waals surface area contributed by atoms with Gasteiger partial charge in [-0.25, -0.2) is 0 Å². The standard InChI is InChI=1S/C17H30N2O2/c1-7-8-19-14(13(21-6)9-18-19)17(20)11-15(2,3)10-16(4,5)12-17/h9,20H,7-8,10-12H2,1-6H3. The van der Waals surface area contributed by atoms with Crippen LogP contribution >= 0.6 is 0 Å². The maximum absolute atomic E-state index is 11.5. The molecule has 0 spiro atoms. The van der Waals surface area contributed by atoms with Crippen molar-refractivity contribution in [1.29, 1.82) is 0 Å². The van der Waals surface area contributed by atoms with Crippen LogP contribution in [0.2, 0.25) is 0 Å². The van der Waals surface area contributed by atoms with Crippen molar-refractivity contribution in [2.45, 2.75) is 72.4 Å². The van der Waals surface area contributed by atoms with Gasteiger partial charge in [0.05, 0.1) is 13.3 Å². The van der Waals surface area contributed by atoms with Crippen LogP contribution in [0.4, 0.5) is 0 Å². The van der Waals surface area contributed by atoms with Crippen LogP contribution in [-0.2, 0) is 12.1 Å². The molecule has 0 bridgehead atoms. The Morgan fingerprint density at radius 3 is 2.24 bits per heavy atom. The van der Waals surface area contributed by atoms with E-state index in [1.54, 1.807) is 13.3 Å². The fourth-order valence-corrected chi connectivity index (χ4v) is 4.60. The molecule has 0 radical (unpaired) electrons. The third-order valence-electron chi connectivity index (χ3n) is 4.40.